The molecule has 0 spiro atoms. The van der Waals surface area contributed by atoms with Gasteiger partial charge in [0.05, 0.1) is 17.7 Å². The number of halogens is 2. The third-order valence-corrected chi connectivity index (χ3v) is 5.57. The Hall–Kier alpha value is -2.49. The molecule has 0 saturated carbocycles. The minimum Gasteiger partial charge on any atom is -0.490 e. The summed E-state index contributed by atoms with van der Waals surface area (Å²) in [5.41, 5.74) is 5.44. The Balaban J connectivity index is 2.97. The number of nitrogens with one attached hydrogen (secondary N) is 1. The molecule has 0 atom stereocenters. The van der Waals surface area contributed by atoms with Crippen molar-refractivity contribution in [2.24, 2.45) is 0 Å². The average Bonchev–Trinajstić information content (AvgIpc) is 2.61. The molecule has 0 aliphatic carbocycles. The molecule has 0 saturated heterocycles. The molecule has 134 valence electrons. The molecule has 26 heavy (non-hydrogen) atoms. The average molecular weight is 482 g/mol. The third kappa shape index (κ3) is 3.41. The summed E-state index contributed by atoms with van der Waals surface area (Å²) >= 11 is 6.89. The van der Waals surface area contributed by atoms with Crippen molar-refractivity contribution in [2.75, 3.05) is 18.9 Å². The zero-order valence-corrected chi connectivity index (χ0v) is 17.1. The summed E-state index contributed by atoms with van der Waals surface area (Å²) in [5.74, 6) is 0.771. The fourth-order valence-electron chi connectivity index (χ4n) is 2.42. The number of pyridine rings is 1. The van der Waals surface area contributed by atoms with Crippen LogP contribution in [0.2, 0.25) is 0 Å². The van der Waals surface area contributed by atoms with Crippen molar-refractivity contribution in [3.63, 3.8) is 0 Å². The van der Waals surface area contributed by atoms with Crippen LogP contribution in [-0.4, -0.2) is 18.2 Å². The van der Waals surface area contributed by atoms with Crippen molar-refractivity contribution in [2.45, 2.75) is 13.8 Å². The lowest BCUT2D eigenvalue weighted by Gasteiger charge is -2.18. The van der Waals surface area contributed by atoms with E-state index in [1.807, 2.05) is 26.0 Å². The molecular weight excluding hydrogens is 468 g/mol. The Kier molecular flexibility index (Phi) is 6.30. The van der Waals surface area contributed by atoms with Gasteiger partial charge in [0.1, 0.15) is 29.1 Å². The molecule has 0 fully saturated rings. The Morgan fingerprint density at radius 1 is 1.12 bits per heavy atom. The number of nitrogens with two attached hydrogens (primary N) is 1. The van der Waals surface area contributed by atoms with Crippen LogP contribution in [0.15, 0.2) is 19.8 Å². The lowest BCUT2D eigenvalue weighted by molar-refractivity contribution is 0.286. The maximum absolute atomic E-state index is 12.2. The number of ether oxygens (including phenoxy) is 2. The standard InChI is InChI=1S/C17H14Br2N4O3/c1-3-25-11-5-8(13(18)14(19)15(11)26-4-2)12-9(6-20)16(22)23-17(24)10(12)7-21/h5H,3-4H2,1-2H3,(H3,22,23,24). The van der Waals surface area contributed by atoms with Crippen LogP contribution in [0.5, 0.6) is 11.5 Å². The Morgan fingerprint density at radius 2 is 1.73 bits per heavy atom. The van der Waals surface area contributed by atoms with E-state index in [1.165, 1.54) is 0 Å². The maximum Gasteiger partial charge on any atom is 0.268 e. The van der Waals surface area contributed by atoms with Crippen LogP contribution in [0, 0.1) is 22.7 Å². The molecule has 0 unspecified atom stereocenters. The molecule has 2 aromatic rings. The van der Waals surface area contributed by atoms with Gasteiger partial charge in [-0.15, -0.1) is 0 Å². The summed E-state index contributed by atoms with van der Waals surface area (Å²) in [6, 6.07) is 5.40. The first-order valence-corrected chi connectivity index (χ1v) is 9.13. The predicted octanol–water partition coefficient (Wildman–Crippen LogP) is 3.69. The highest BCUT2D eigenvalue weighted by atomic mass is 79.9. The van der Waals surface area contributed by atoms with Crippen molar-refractivity contribution in [3.05, 3.63) is 36.5 Å². The Labute approximate surface area is 166 Å². The van der Waals surface area contributed by atoms with Crippen LogP contribution in [0.4, 0.5) is 5.82 Å². The van der Waals surface area contributed by atoms with Gasteiger partial charge < -0.3 is 20.2 Å². The van der Waals surface area contributed by atoms with Crippen molar-refractivity contribution in [1.82, 2.24) is 4.98 Å². The van der Waals surface area contributed by atoms with E-state index >= 15 is 0 Å². The van der Waals surface area contributed by atoms with Gasteiger partial charge in [-0.2, -0.15) is 10.5 Å². The van der Waals surface area contributed by atoms with Gasteiger partial charge in [0.25, 0.3) is 5.56 Å². The van der Waals surface area contributed by atoms with Crippen molar-refractivity contribution in [1.29, 1.82) is 10.5 Å². The van der Waals surface area contributed by atoms with Crippen LogP contribution in [0.25, 0.3) is 11.1 Å². The first-order chi connectivity index (χ1) is 12.4. The van der Waals surface area contributed by atoms with Gasteiger partial charge in [0.2, 0.25) is 0 Å². The summed E-state index contributed by atoms with van der Waals surface area (Å²) in [6.07, 6.45) is 0. The largest absolute Gasteiger partial charge is 0.490 e. The summed E-state index contributed by atoms with van der Waals surface area (Å²) < 4.78 is 12.3. The molecule has 0 aliphatic heterocycles. The highest BCUT2D eigenvalue weighted by molar-refractivity contribution is 9.13. The van der Waals surface area contributed by atoms with Gasteiger partial charge in [-0.05, 0) is 51.8 Å². The summed E-state index contributed by atoms with van der Waals surface area (Å²) in [4.78, 5) is 14.5. The number of H-pyrrole nitrogens is 1. The fourth-order valence-corrected chi connectivity index (χ4v) is 3.44. The van der Waals surface area contributed by atoms with E-state index in [9.17, 15) is 15.3 Å². The highest BCUT2D eigenvalue weighted by Gasteiger charge is 2.24. The smallest absolute Gasteiger partial charge is 0.268 e. The van der Waals surface area contributed by atoms with Crippen LogP contribution in [-0.2, 0) is 0 Å². The van der Waals surface area contributed by atoms with E-state index in [4.69, 9.17) is 15.2 Å². The molecule has 0 amide bonds. The number of rotatable bonds is 5. The molecule has 1 heterocycles. The number of hydrogen-bond acceptors (Lipinski definition) is 6. The highest BCUT2D eigenvalue weighted by Crippen LogP contribution is 2.47. The number of anilines is 1. The van der Waals surface area contributed by atoms with Gasteiger partial charge in [-0.1, -0.05) is 0 Å². The normalized spacial score (nSPS) is 10.1. The molecular formula is C17H14Br2N4O3. The molecule has 9 heteroatoms. The zero-order valence-electron chi connectivity index (χ0n) is 13.9. The second-order valence-corrected chi connectivity index (χ2v) is 6.55. The van der Waals surface area contributed by atoms with Gasteiger partial charge in [0.15, 0.2) is 11.5 Å². The number of hydrogen-bond donors (Lipinski definition) is 2. The molecule has 7 nitrogen and oxygen atoms in total. The van der Waals surface area contributed by atoms with Crippen LogP contribution in [0.3, 0.4) is 0 Å². The fraction of sp³-hybridized carbons (Fsp3) is 0.235. The zero-order chi connectivity index (χ0) is 19.4. The van der Waals surface area contributed by atoms with E-state index in [0.717, 1.165) is 0 Å². The third-order valence-electron chi connectivity index (χ3n) is 3.45. The van der Waals surface area contributed by atoms with E-state index in [0.29, 0.717) is 39.2 Å². The first kappa shape index (κ1) is 19.8. The van der Waals surface area contributed by atoms with Crippen molar-refractivity contribution < 1.29 is 9.47 Å². The van der Waals surface area contributed by atoms with Gasteiger partial charge in [0, 0.05) is 15.6 Å². The lowest BCUT2D eigenvalue weighted by atomic mass is 9.96. The second kappa shape index (κ2) is 8.26. The molecule has 0 radical (unpaired) electrons. The van der Waals surface area contributed by atoms with Crippen molar-refractivity contribution in [3.8, 4) is 34.8 Å². The minimum atomic E-state index is -0.672. The summed E-state index contributed by atoms with van der Waals surface area (Å²) in [5, 5.41) is 18.9. The molecule has 0 aliphatic rings. The quantitative estimate of drug-likeness (QED) is 0.670. The van der Waals surface area contributed by atoms with Crippen LogP contribution in [0.1, 0.15) is 25.0 Å². The van der Waals surface area contributed by atoms with Crippen LogP contribution < -0.4 is 20.8 Å². The molecule has 2 rings (SSSR count). The monoisotopic (exact) mass is 480 g/mol. The predicted molar refractivity (Wildman–Crippen MR) is 104 cm³/mol. The first-order valence-electron chi connectivity index (χ1n) is 7.55. The van der Waals surface area contributed by atoms with Crippen molar-refractivity contribution >= 4 is 37.7 Å². The molecule has 0 bridgehead atoms. The number of aromatic amines is 1. The van der Waals surface area contributed by atoms with Gasteiger partial charge >= 0.3 is 0 Å². The lowest BCUT2D eigenvalue weighted by Crippen LogP contribution is -2.16. The second-order valence-electron chi connectivity index (χ2n) is 4.96. The Morgan fingerprint density at radius 3 is 2.27 bits per heavy atom. The summed E-state index contributed by atoms with van der Waals surface area (Å²) in [6.45, 7) is 4.44. The number of aromatic nitrogens is 1. The Bertz CT molecular complexity index is 1000. The molecule has 1 aromatic heterocycles. The van der Waals surface area contributed by atoms with E-state index in [2.05, 4.69) is 36.8 Å². The molecule has 3 N–H and O–H groups in total. The van der Waals surface area contributed by atoms with E-state index < -0.39 is 5.56 Å². The van der Waals surface area contributed by atoms with E-state index in [1.54, 1.807) is 6.07 Å². The van der Waals surface area contributed by atoms with Crippen LogP contribution >= 0.6 is 31.9 Å². The number of nitriles is 2. The topological polar surface area (TPSA) is 125 Å². The maximum atomic E-state index is 12.2. The number of nitrogen functional groups attached to an aromatic ring is 1. The molecule has 1 aromatic carbocycles. The van der Waals surface area contributed by atoms with E-state index in [-0.39, 0.29) is 22.5 Å². The van der Waals surface area contributed by atoms with Gasteiger partial charge in [-0.25, -0.2) is 0 Å². The summed E-state index contributed by atoms with van der Waals surface area (Å²) in [7, 11) is 0. The minimum absolute atomic E-state index is 0.000332. The number of benzene rings is 1. The SMILES string of the molecule is CCOc1cc(-c2c(C#N)c(N)[nH]c(=O)c2C#N)c(Br)c(Br)c1OCC. The number of nitrogens with zero attached hydrogens (tertiary/aromatic N) is 2. The van der Waals surface area contributed by atoms with Gasteiger partial charge in [-0.3, -0.25) is 4.79 Å².